The van der Waals surface area contributed by atoms with E-state index in [4.69, 9.17) is 0 Å². The standard InChI is InChI=1S/C15H25BrN4O/c1-5-6-17-14-13(9-12(16)10-19-14)15(21)18-7-8-20(4)11(2)3/h9-11H,5-8H2,1-4H3,(H,17,19)(H,18,21). The third-order valence-electron chi connectivity index (χ3n) is 3.27. The molecule has 0 atom stereocenters. The van der Waals surface area contributed by atoms with Gasteiger partial charge in [0, 0.05) is 36.3 Å². The van der Waals surface area contributed by atoms with E-state index in [2.05, 4.69) is 57.2 Å². The molecule has 118 valence electrons. The molecule has 0 saturated heterocycles. The molecule has 1 rings (SSSR count). The maximum absolute atomic E-state index is 12.3. The van der Waals surface area contributed by atoms with E-state index in [1.807, 2.05) is 7.05 Å². The Balaban J connectivity index is 2.65. The average Bonchev–Trinajstić information content (AvgIpc) is 2.45. The van der Waals surface area contributed by atoms with Crippen LogP contribution in [0.25, 0.3) is 0 Å². The molecule has 2 N–H and O–H groups in total. The molecule has 21 heavy (non-hydrogen) atoms. The lowest BCUT2D eigenvalue weighted by Gasteiger charge is -2.21. The van der Waals surface area contributed by atoms with Gasteiger partial charge < -0.3 is 15.5 Å². The molecule has 0 aromatic carbocycles. The van der Waals surface area contributed by atoms with Gasteiger partial charge in [-0.2, -0.15) is 0 Å². The van der Waals surface area contributed by atoms with Crippen LogP contribution in [0.5, 0.6) is 0 Å². The van der Waals surface area contributed by atoms with E-state index in [1.165, 1.54) is 0 Å². The van der Waals surface area contributed by atoms with Crippen LogP contribution in [0.2, 0.25) is 0 Å². The molecule has 0 aliphatic carbocycles. The Bertz CT molecular complexity index is 465. The zero-order chi connectivity index (χ0) is 15.8. The molecule has 1 aromatic heterocycles. The van der Waals surface area contributed by atoms with E-state index in [0.29, 0.717) is 24.0 Å². The Hall–Kier alpha value is -1.14. The quantitative estimate of drug-likeness (QED) is 0.751. The number of nitrogens with one attached hydrogen (secondary N) is 2. The summed E-state index contributed by atoms with van der Waals surface area (Å²) in [5, 5.41) is 6.13. The number of pyridine rings is 1. The van der Waals surface area contributed by atoms with Gasteiger partial charge in [0.15, 0.2) is 0 Å². The van der Waals surface area contributed by atoms with Gasteiger partial charge in [-0.3, -0.25) is 4.79 Å². The third-order valence-corrected chi connectivity index (χ3v) is 3.71. The molecule has 0 bridgehead atoms. The van der Waals surface area contributed by atoms with E-state index in [-0.39, 0.29) is 5.91 Å². The van der Waals surface area contributed by atoms with Crippen LogP contribution < -0.4 is 10.6 Å². The number of likely N-dealkylation sites (N-methyl/N-ethyl adjacent to an activating group) is 1. The lowest BCUT2D eigenvalue weighted by Crippen LogP contribution is -2.36. The molecule has 0 saturated carbocycles. The fourth-order valence-corrected chi connectivity index (χ4v) is 2.03. The molecule has 0 aliphatic rings. The van der Waals surface area contributed by atoms with Gasteiger partial charge in [-0.1, -0.05) is 6.92 Å². The maximum Gasteiger partial charge on any atom is 0.255 e. The second-order valence-corrected chi connectivity index (χ2v) is 6.22. The topological polar surface area (TPSA) is 57.3 Å². The van der Waals surface area contributed by atoms with Crippen LogP contribution in [0.4, 0.5) is 5.82 Å². The largest absolute Gasteiger partial charge is 0.369 e. The minimum absolute atomic E-state index is 0.0976. The monoisotopic (exact) mass is 356 g/mol. The highest BCUT2D eigenvalue weighted by molar-refractivity contribution is 9.10. The van der Waals surface area contributed by atoms with Gasteiger partial charge in [0.1, 0.15) is 5.82 Å². The molecule has 0 radical (unpaired) electrons. The molecule has 0 unspecified atom stereocenters. The van der Waals surface area contributed by atoms with Crippen molar-refractivity contribution in [2.75, 3.05) is 32.0 Å². The first kappa shape index (κ1) is 17.9. The Labute approximate surface area is 135 Å². The van der Waals surface area contributed by atoms with E-state index < -0.39 is 0 Å². The lowest BCUT2D eigenvalue weighted by molar-refractivity contribution is 0.0948. The third kappa shape index (κ3) is 6.01. The van der Waals surface area contributed by atoms with Crippen LogP contribution in [0, 0.1) is 0 Å². The number of carbonyl (C=O) groups excluding carboxylic acids is 1. The summed E-state index contributed by atoms with van der Waals surface area (Å²) in [4.78, 5) is 18.8. The number of anilines is 1. The van der Waals surface area contributed by atoms with Crippen molar-refractivity contribution < 1.29 is 4.79 Å². The second-order valence-electron chi connectivity index (χ2n) is 5.31. The molecule has 1 aromatic rings. The smallest absolute Gasteiger partial charge is 0.255 e. The first-order valence-corrected chi connectivity index (χ1v) is 8.12. The SMILES string of the molecule is CCCNc1ncc(Br)cc1C(=O)NCCN(C)C(C)C. The van der Waals surface area contributed by atoms with Crippen molar-refractivity contribution in [3.63, 3.8) is 0 Å². The summed E-state index contributed by atoms with van der Waals surface area (Å²) in [7, 11) is 2.05. The summed E-state index contributed by atoms with van der Waals surface area (Å²) in [6, 6.07) is 2.27. The van der Waals surface area contributed by atoms with Crippen molar-refractivity contribution in [1.82, 2.24) is 15.2 Å². The number of amides is 1. The first-order valence-electron chi connectivity index (χ1n) is 7.33. The highest BCUT2D eigenvalue weighted by Crippen LogP contribution is 2.18. The minimum Gasteiger partial charge on any atom is -0.369 e. The Morgan fingerprint density at radius 3 is 2.76 bits per heavy atom. The van der Waals surface area contributed by atoms with Crippen LogP contribution in [0.1, 0.15) is 37.6 Å². The number of halogens is 1. The predicted octanol–water partition coefficient (Wildman–Crippen LogP) is 2.74. The van der Waals surface area contributed by atoms with Crippen molar-refractivity contribution in [2.24, 2.45) is 0 Å². The molecule has 5 nitrogen and oxygen atoms in total. The molecule has 1 heterocycles. The number of hydrogen-bond donors (Lipinski definition) is 2. The van der Waals surface area contributed by atoms with Crippen LogP contribution in [0.3, 0.4) is 0 Å². The first-order chi connectivity index (χ1) is 9.95. The molecular weight excluding hydrogens is 332 g/mol. The summed E-state index contributed by atoms with van der Waals surface area (Å²) in [6.45, 7) is 8.58. The number of nitrogens with zero attached hydrogens (tertiary/aromatic N) is 2. The predicted molar refractivity (Wildman–Crippen MR) is 90.8 cm³/mol. The molecule has 0 fully saturated rings. The van der Waals surface area contributed by atoms with E-state index in [1.54, 1.807) is 12.3 Å². The Morgan fingerprint density at radius 2 is 2.14 bits per heavy atom. The normalized spacial score (nSPS) is 11.0. The van der Waals surface area contributed by atoms with Gasteiger partial charge in [-0.25, -0.2) is 4.98 Å². The summed E-state index contributed by atoms with van der Waals surface area (Å²) in [5.41, 5.74) is 0.574. The van der Waals surface area contributed by atoms with E-state index in [9.17, 15) is 4.79 Å². The van der Waals surface area contributed by atoms with Gasteiger partial charge in [-0.05, 0) is 49.3 Å². The van der Waals surface area contributed by atoms with Gasteiger partial charge in [-0.15, -0.1) is 0 Å². The lowest BCUT2D eigenvalue weighted by atomic mass is 10.2. The van der Waals surface area contributed by atoms with Gasteiger partial charge in [0.05, 0.1) is 5.56 Å². The number of aromatic nitrogens is 1. The van der Waals surface area contributed by atoms with Crippen molar-refractivity contribution in [3.8, 4) is 0 Å². The number of carbonyl (C=O) groups is 1. The van der Waals surface area contributed by atoms with Gasteiger partial charge >= 0.3 is 0 Å². The molecule has 6 heteroatoms. The zero-order valence-corrected chi connectivity index (χ0v) is 14.8. The van der Waals surface area contributed by atoms with Crippen molar-refractivity contribution in [3.05, 3.63) is 22.3 Å². The van der Waals surface area contributed by atoms with Crippen LogP contribution in [-0.4, -0.2) is 48.5 Å². The molecular formula is C15H25BrN4O. The fraction of sp³-hybridized carbons (Fsp3) is 0.600. The van der Waals surface area contributed by atoms with Crippen molar-refractivity contribution in [1.29, 1.82) is 0 Å². The summed E-state index contributed by atoms with van der Waals surface area (Å²) < 4.78 is 0.800. The van der Waals surface area contributed by atoms with Crippen LogP contribution in [0.15, 0.2) is 16.7 Å². The Morgan fingerprint density at radius 1 is 1.43 bits per heavy atom. The molecule has 0 aliphatic heterocycles. The highest BCUT2D eigenvalue weighted by Gasteiger charge is 2.13. The zero-order valence-electron chi connectivity index (χ0n) is 13.2. The molecule has 1 amide bonds. The van der Waals surface area contributed by atoms with Crippen molar-refractivity contribution >= 4 is 27.7 Å². The highest BCUT2D eigenvalue weighted by atomic mass is 79.9. The van der Waals surface area contributed by atoms with Crippen LogP contribution >= 0.6 is 15.9 Å². The average molecular weight is 357 g/mol. The van der Waals surface area contributed by atoms with E-state index >= 15 is 0 Å². The Kier molecular flexibility index (Phi) is 7.67. The van der Waals surface area contributed by atoms with Gasteiger partial charge in [0.2, 0.25) is 0 Å². The number of hydrogen-bond acceptors (Lipinski definition) is 4. The summed E-state index contributed by atoms with van der Waals surface area (Å²) in [5.74, 6) is 0.536. The van der Waals surface area contributed by atoms with Gasteiger partial charge in [0.25, 0.3) is 5.91 Å². The summed E-state index contributed by atoms with van der Waals surface area (Å²) >= 11 is 3.36. The minimum atomic E-state index is -0.0976. The number of rotatable bonds is 8. The fourth-order valence-electron chi connectivity index (χ4n) is 1.70. The van der Waals surface area contributed by atoms with E-state index in [0.717, 1.165) is 24.0 Å². The summed E-state index contributed by atoms with van der Waals surface area (Å²) in [6.07, 6.45) is 2.68. The van der Waals surface area contributed by atoms with Crippen LogP contribution in [-0.2, 0) is 0 Å². The molecule has 0 spiro atoms. The van der Waals surface area contributed by atoms with Crippen molar-refractivity contribution in [2.45, 2.75) is 33.2 Å². The second kappa shape index (κ2) is 9.00. The maximum atomic E-state index is 12.3.